The number of anilines is 1. The Morgan fingerprint density at radius 2 is 1.78 bits per heavy atom. The molecule has 3 aromatic rings. The second-order valence-corrected chi connectivity index (χ2v) is 8.71. The summed E-state index contributed by atoms with van der Waals surface area (Å²) >= 11 is 6.23. The molecule has 1 atom stereocenters. The van der Waals surface area contributed by atoms with E-state index in [2.05, 4.69) is 4.98 Å². The number of amides is 1. The predicted molar refractivity (Wildman–Crippen MR) is 134 cm³/mol. The van der Waals surface area contributed by atoms with Gasteiger partial charge in [0.1, 0.15) is 11.5 Å². The standard InChI is InChI=1S/C27H23ClN2O6/c1-15(2)36-27(34)16-6-9-19(10-7-16)30-23(18-5-4-12-29-14-18)22(25(32)26(30)33)24(31)17-8-11-21(35-3)20(28)13-17/h4-15,23,31H,1-3H3/b24-22-. The number of ketones is 1. The number of halogens is 1. The number of ether oxygens (including phenoxy) is 2. The van der Waals surface area contributed by atoms with Crippen molar-refractivity contribution in [1.82, 2.24) is 4.98 Å². The van der Waals surface area contributed by atoms with Crippen LogP contribution in [-0.4, -0.2) is 41.0 Å². The van der Waals surface area contributed by atoms with Crippen molar-refractivity contribution in [1.29, 1.82) is 0 Å². The number of hydrogen-bond donors (Lipinski definition) is 1. The first kappa shape index (κ1) is 24.9. The van der Waals surface area contributed by atoms with Gasteiger partial charge in [-0.1, -0.05) is 17.7 Å². The molecule has 1 aliphatic rings. The minimum Gasteiger partial charge on any atom is -0.507 e. The van der Waals surface area contributed by atoms with E-state index in [0.29, 0.717) is 22.6 Å². The largest absolute Gasteiger partial charge is 0.507 e. The summed E-state index contributed by atoms with van der Waals surface area (Å²) in [5, 5.41) is 11.4. The monoisotopic (exact) mass is 506 g/mol. The maximum Gasteiger partial charge on any atom is 0.338 e. The SMILES string of the molecule is COc1ccc(/C(O)=C2/C(=O)C(=O)N(c3ccc(C(=O)OC(C)C)cc3)C2c2cccnc2)cc1Cl. The molecule has 2 aromatic carbocycles. The Balaban J connectivity index is 1.83. The van der Waals surface area contributed by atoms with Gasteiger partial charge in [0.15, 0.2) is 0 Å². The third kappa shape index (κ3) is 4.67. The Hall–Kier alpha value is -4.17. The van der Waals surface area contributed by atoms with Gasteiger partial charge in [0.05, 0.1) is 35.4 Å². The van der Waals surface area contributed by atoms with E-state index < -0.39 is 23.7 Å². The number of nitrogens with zero attached hydrogens (tertiary/aromatic N) is 2. The van der Waals surface area contributed by atoms with Gasteiger partial charge in [0.25, 0.3) is 11.7 Å². The Labute approximate surface area is 212 Å². The highest BCUT2D eigenvalue weighted by Gasteiger charge is 2.47. The molecular weight excluding hydrogens is 484 g/mol. The normalized spacial score (nSPS) is 16.9. The molecular formula is C27H23ClN2O6. The second-order valence-electron chi connectivity index (χ2n) is 8.31. The summed E-state index contributed by atoms with van der Waals surface area (Å²) in [6, 6.07) is 13.1. The number of aliphatic hydroxyl groups excluding tert-OH is 1. The predicted octanol–water partition coefficient (Wildman–Crippen LogP) is 4.94. The van der Waals surface area contributed by atoms with Gasteiger partial charge in [0.2, 0.25) is 0 Å². The van der Waals surface area contributed by atoms with Crippen LogP contribution in [0.2, 0.25) is 5.02 Å². The van der Waals surface area contributed by atoms with E-state index in [1.807, 2.05) is 0 Å². The average Bonchev–Trinajstić information content (AvgIpc) is 3.14. The van der Waals surface area contributed by atoms with E-state index in [9.17, 15) is 19.5 Å². The molecule has 0 spiro atoms. The Kier molecular flexibility index (Phi) is 7.07. The van der Waals surface area contributed by atoms with E-state index >= 15 is 0 Å². The van der Waals surface area contributed by atoms with Crippen molar-refractivity contribution in [3.05, 3.63) is 94.3 Å². The fourth-order valence-electron chi connectivity index (χ4n) is 3.96. The van der Waals surface area contributed by atoms with E-state index in [1.165, 1.54) is 36.4 Å². The van der Waals surface area contributed by atoms with Gasteiger partial charge in [-0.15, -0.1) is 0 Å². The molecule has 0 bridgehead atoms. The number of rotatable bonds is 6. The van der Waals surface area contributed by atoms with Crippen molar-refractivity contribution in [2.75, 3.05) is 12.0 Å². The summed E-state index contributed by atoms with van der Waals surface area (Å²) in [7, 11) is 1.46. The molecule has 1 N–H and O–H groups in total. The van der Waals surface area contributed by atoms with Gasteiger partial charge in [-0.3, -0.25) is 19.5 Å². The number of aromatic nitrogens is 1. The minimum atomic E-state index is -0.965. The van der Waals surface area contributed by atoms with Crippen LogP contribution in [0.5, 0.6) is 5.75 Å². The summed E-state index contributed by atoms with van der Waals surface area (Å²) < 4.78 is 10.4. The highest BCUT2D eigenvalue weighted by atomic mass is 35.5. The number of esters is 1. The van der Waals surface area contributed by atoms with Gasteiger partial charge < -0.3 is 14.6 Å². The van der Waals surface area contributed by atoms with Crippen LogP contribution in [0, 0.1) is 0 Å². The number of Topliss-reactive ketones (excluding diaryl/α,β-unsaturated/α-hetero) is 1. The molecule has 36 heavy (non-hydrogen) atoms. The number of pyridine rings is 1. The van der Waals surface area contributed by atoms with Crippen LogP contribution < -0.4 is 9.64 Å². The molecule has 1 fully saturated rings. The van der Waals surface area contributed by atoms with Crippen molar-refractivity contribution in [2.45, 2.75) is 26.0 Å². The zero-order valence-electron chi connectivity index (χ0n) is 19.8. The fourth-order valence-corrected chi connectivity index (χ4v) is 4.22. The fraction of sp³-hybridized carbons (Fsp3) is 0.185. The van der Waals surface area contributed by atoms with Crippen LogP contribution in [0.25, 0.3) is 5.76 Å². The second kappa shape index (κ2) is 10.2. The molecule has 4 rings (SSSR count). The Morgan fingerprint density at radius 1 is 1.08 bits per heavy atom. The van der Waals surface area contributed by atoms with Gasteiger partial charge in [-0.25, -0.2) is 4.79 Å². The van der Waals surface area contributed by atoms with Crippen molar-refractivity contribution in [2.24, 2.45) is 0 Å². The molecule has 184 valence electrons. The summed E-state index contributed by atoms with van der Waals surface area (Å²) in [6.45, 7) is 3.49. The molecule has 0 radical (unpaired) electrons. The summed E-state index contributed by atoms with van der Waals surface area (Å²) in [6.07, 6.45) is 2.80. The van der Waals surface area contributed by atoms with E-state index in [1.54, 1.807) is 56.4 Å². The Morgan fingerprint density at radius 3 is 2.36 bits per heavy atom. The third-order valence-electron chi connectivity index (χ3n) is 5.59. The quantitative estimate of drug-likeness (QED) is 0.218. The maximum absolute atomic E-state index is 13.2. The number of benzene rings is 2. The van der Waals surface area contributed by atoms with Gasteiger partial charge >= 0.3 is 5.97 Å². The molecule has 9 heteroatoms. The van der Waals surface area contributed by atoms with E-state index in [-0.39, 0.29) is 28.0 Å². The molecule has 1 saturated heterocycles. The number of carbonyl (C=O) groups excluding carboxylic acids is 3. The average molecular weight is 507 g/mol. The molecule has 0 aliphatic carbocycles. The lowest BCUT2D eigenvalue weighted by Gasteiger charge is -2.25. The third-order valence-corrected chi connectivity index (χ3v) is 5.89. The van der Waals surface area contributed by atoms with Crippen molar-refractivity contribution in [3.63, 3.8) is 0 Å². The van der Waals surface area contributed by atoms with Crippen LogP contribution >= 0.6 is 11.6 Å². The molecule has 1 amide bonds. The zero-order chi connectivity index (χ0) is 26.0. The van der Waals surface area contributed by atoms with Crippen molar-refractivity contribution < 1.29 is 29.0 Å². The molecule has 1 aliphatic heterocycles. The summed E-state index contributed by atoms with van der Waals surface area (Å²) in [4.78, 5) is 44.1. The lowest BCUT2D eigenvalue weighted by Crippen LogP contribution is -2.29. The molecule has 0 saturated carbocycles. The minimum absolute atomic E-state index is 0.113. The Bertz CT molecular complexity index is 1350. The van der Waals surface area contributed by atoms with Crippen LogP contribution in [0.1, 0.15) is 41.4 Å². The lowest BCUT2D eigenvalue weighted by molar-refractivity contribution is -0.132. The maximum atomic E-state index is 13.2. The summed E-state index contributed by atoms with van der Waals surface area (Å²) in [5.41, 5.74) is 1.31. The molecule has 1 unspecified atom stereocenters. The first-order chi connectivity index (χ1) is 17.2. The zero-order valence-corrected chi connectivity index (χ0v) is 20.5. The first-order valence-electron chi connectivity index (χ1n) is 11.1. The van der Waals surface area contributed by atoms with Crippen LogP contribution in [0.4, 0.5) is 5.69 Å². The van der Waals surface area contributed by atoms with Gasteiger partial charge in [-0.2, -0.15) is 0 Å². The van der Waals surface area contributed by atoms with Crippen LogP contribution in [0.3, 0.4) is 0 Å². The van der Waals surface area contributed by atoms with Crippen LogP contribution in [-0.2, 0) is 14.3 Å². The highest BCUT2D eigenvalue weighted by molar-refractivity contribution is 6.51. The lowest BCUT2D eigenvalue weighted by atomic mass is 9.96. The van der Waals surface area contributed by atoms with Crippen molar-refractivity contribution >= 4 is 40.7 Å². The molecule has 2 heterocycles. The topological polar surface area (TPSA) is 106 Å². The first-order valence-corrected chi connectivity index (χ1v) is 11.5. The van der Waals surface area contributed by atoms with E-state index in [0.717, 1.165) is 0 Å². The van der Waals surface area contributed by atoms with Crippen molar-refractivity contribution in [3.8, 4) is 5.75 Å². The number of hydrogen-bond acceptors (Lipinski definition) is 7. The smallest absolute Gasteiger partial charge is 0.338 e. The number of carbonyl (C=O) groups is 3. The van der Waals surface area contributed by atoms with Gasteiger partial charge in [-0.05, 0) is 67.9 Å². The van der Waals surface area contributed by atoms with Crippen LogP contribution in [0.15, 0.2) is 72.6 Å². The molecule has 1 aromatic heterocycles. The molecule has 8 nitrogen and oxygen atoms in total. The highest BCUT2D eigenvalue weighted by Crippen LogP contribution is 2.42. The van der Waals surface area contributed by atoms with Gasteiger partial charge in [0, 0.05) is 23.6 Å². The number of aliphatic hydroxyl groups is 1. The summed E-state index contributed by atoms with van der Waals surface area (Å²) in [5.74, 6) is -2.18. The number of methoxy groups -OCH3 is 1. The van der Waals surface area contributed by atoms with E-state index in [4.69, 9.17) is 21.1 Å².